The molecule has 4 aromatic carbocycles. The van der Waals surface area contributed by atoms with Crippen LogP contribution >= 0.6 is 11.6 Å². The van der Waals surface area contributed by atoms with Crippen molar-refractivity contribution in [3.05, 3.63) is 82.9 Å². The summed E-state index contributed by atoms with van der Waals surface area (Å²) in [5.41, 5.74) is 6.99. The lowest BCUT2D eigenvalue weighted by Gasteiger charge is -2.22. The van der Waals surface area contributed by atoms with Crippen molar-refractivity contribution in [2.24, 2.45) is 0 Å². The van der Waals surface area contributed by atoms with E-state index in [4.69, 9.17) is 16.0 Å². The molecule has 5 aromatic rings. The fraction of sp³-hybridized carbons (Fsp3) is 0.120. The van der Waals surface area contributed by atoms with E-state index >= 15 is 0 Å². The van der Waals surface area contributed by atoms with Crippen LogP contribution in [-0.4, -0.2) is 0 Å². The molecule has 0 bridgehead atoms. The van der Waals surface area contributed by atoms with Gasteiger partial charge in [-0.15, -0.1) is 0 Å². The van der Waals surface area contributed by atoms with Crippen LogP contribution in [0, 0.1) is 0 Å². The Morgan fingerprint density at radius 1 is 0.741 bits per heavy atom. The summed E-state index contributed by atoms with van der Waals surface area (Å²) < 4.78 is 6.38. The maximum Gasteiger partial charge on any atom is 0.154 e. The average Bonchev–Trinajstić information content (AvgIpc) is 3.17. The molecule has 0 saturated carbocycles. The third-order valence-electron chi connectivity index (χ3n) is 6.10. The monoisotopic (exact) mass is 368 g/mol. The number of hydrogen-bond acceptors (Lipinski definition) is 1. The van der Waals surface area contributed by atoms with Crippen LogP contribution in [0.1, 0.15) is 25.0 Å². The summed E-state index contributed by atoms with van der Waals surface area (Å²) in [6.45, 7) is 4.63. The van der Waals surface area contributed by atoms with Crippen LogP contribution in [0.5, 0.6) is 0 Å². The van der Waals surface area contributed by atoms with E-state index in [2.05, 4.69) is 68.4 Å². The van der Waals surface area contributed by atoms with Gasteiger partial charge in [-0.2, -0.15) is 0 Å². The summed E-state index contributed by atoms with van der Waals surface area (Å²) >= 11 is 6.50. The molecule has 0 amide bonds. The summed E-state index contributed by atoms with van der Waals surface area (Å²) in [6.07, 6.45) is 0. The zero-order valence-electron chi connectivity index (χ0n) is 15.1. The average molecular weight is 369 g/mol. The van der Waals surface area contributed by atoms with Crippen molar-refractivity contribution in [2.75, 3.05) is 0 Å². The molecule has 0 atom stereocenters. The lowest BCUT2D eigenvalue weighted by Crippen LogP contribution is -2.15. The van der Waals surface area contributed by atoms with Gasteiger partial charge in [0, 0.05) is 21.6 Å². The zero-order chi connectivity index (χ0) is 18.3. The maximum absolute atomic E-state index is 6.50. The molecule has 1 aliphatic rings. The molecule has 0 saturated heterocycles. The lowest BCUT2D eigenvalue weighted by atomic mass is 9.79. The summed E-state index contributed by atoms with van der Waals surface area (Å²) in [6, 6.07) is 23.4. The molecule has 0 N–H and O–H groups in total. The van der Waals surface area contributed by atoms with Crippen LogP contribution in [0.2, 0.25) is 5.02 Å². The molecule has 1 nitrogen and oxygen atoms in total. The smallest absolute Gasteiger partial charge is 0.154 e. The standard InChI is InChI=1S/C25H17ClO/c1-25(2)18-12-6-5-10-16(18)20-14-8-3-4-9-15(14)24-21(22(20)25)17-11-7-13-19(26)23(17)27-24/h3-13H,1-2H3. The van der Waals surface area contributed by atoms with Gasteiger partial charge in [0.2, 0.25) is 0 Å². The lowest BCUT2D eigenvalue weighted by molar-refractivity contribution is 0.659. The Bertz CT molecular complexity index is 1400. The molecule has 1 heterocycles. The number of furan rings is 1. The Balaban J connectivity index is 1.99. The van der Waals surface area contributed by atoms with Crippen molar-refractivity contribution in [3.8, 4) is 11.1 Å². The topological polar surface area (TPSA) is 13.1 Å². The zero-order valence-corrected chi connectivity index (χ0v) is 15.9. The van der Waals surface area contributed by atoms with Gasteiger partial charge in [-0.3, -0.25) is 0 Å². The molecular weight excluding hydrogens is 352 g/mol. The first-order valence-corrected chi connectivity index (χ1v) is 9.62. The first kappa shape index (κ1) is 15.3. The van der Waals surface area contributed by atoms with Gasteiger partial charge in [-0.25, -0.2) is 0 Å². The second-order valence-corrected chi connectivity index (χ2v) is 8.30. The van der Waals surface area contributed by atoms with E-state index in [9.17, 15) is 0 Å². The quantitative estimate of drug-likeness (QED) is 0.273. The highest BCUT2D eigenvalue weighted by Crippen LogP contribution is 2.56. The minimum absolute atomic E-state index is 0.104. The minimum atomic E-state index is -0.104. The van der Waals surface area contributed by atoms with E-state index in [-0.39, 0.29) is 5.41 Å². The molecule has 0 radical (unpaired) electrons. The van der Waals surface area contributed by atoms with Crippen molar-refractivity contribution in [2.45, 2.75) is 19.3 Å². The van der Waals surface area contributed by atoms with Gasteiger partial charge in [0.15, 0.2) is 5.58 Å². The third-order valence-corrected chi connectivity index (χ3v) is 6.40. The first-order valence-electron chi connectivity index (χ1n) is 9.25. The second kappa shape index (κ2) is 4.94. The summed E-state index contributed by atoms with van der Waals surface area (Å²) in [4.78, 5) is 0. The van der Waals surface area contributed by atoms with Crippen molar-refractivity contribution in [1.29, 1.82) is 0 Å². The molecule has 6 rings (SSSR count). The summed E-state index contributed by atoms with van der Waals surface area (Å²) in [5.74, 6) is 0. The predicted molar refractivity (Wildman–Crippen MR) is 114 cm³/mol. The Morgan fingerprint density at radius 3 is 2.30 bits per heavy atom. The van der Waals surface area contributed by atoms with Crippen LogP contribution in [-0.2, 0) is 5.41 Å². The first-order chi connectivity index (χ1) is 13.1. The summed E-state index contributed by atoms with van der Waals surface area (Å²) in [7, 11) is 0. The number of fused-ring (bicyclic) bond motifs is 10. The molecule has 0 unspecified atom stereocenters. The van der Waals surface area contributed by atoms with Crippen LogP contribution < -0.4 is 0 Å². The van der Waals surface area contributed by atoms with E-state index in [1.807, 2.05) is 12.1 Å². The number of para-hydroxylation sites is 1. The third kappa shape index (κ3) is 1.76. The van der Waals surface area contributed by atoms with Crippen molar-refractivity contribution in [3.63, 3.8) is 0 Å². The molecule has 130 valence electrons. The van der Waals surface area contributed by atoms with Gasteiger partial charge in [0.1, 0.15) is 5.58 Å². The molecule has 0 spiro atoms. The van der Waals surface area contributed by atoms with Gasteiger partial charge in [0.25, 0.3) is 0 Å². The molecule has 2 heteroatoms. The van der Waals surface area contributed by atoms with Crippen LogP contribution in [0.25, 0.3) is 43.8 Å². The number of benzene rings is 4. The van der Waals surface area contributed by atoms with E-state index in [1.54, 1.807) is 0 Å². The van der Waals surface area contributed by atoms with Crippen LogP contribution in [0.4, 0.5) is 0 Å². The SMILES string of the molecule is CC1(C)c2ccccc2-c2c1c1c3cccc(Cl)c3oc1c1ccccc21. The van der Waals surface area contributed by atoms with Gasteiger partial charge in [0.05, 0.1) is 5.02 Å². The molecule has 0 fully saturated rings. The molecule has 27 heavy (non-hydrogen) atoms. The Hall–Kier alpha value is -2.77. The Kier molecular flexibility index (Phi) is 2.80. The minimum Gasteiger partial charge on any atom is -0.454 e. The summed E-state index contributed by atoms with van der Waals surface area (Å²) in [5, 5.41) is 5.34. The van der Waals surface area contributed by atoms with E-state index in [0.717, 1.165) is 21.9 Å². The fourth-order valence-electron chi connectivity index (χ4n) is 4.97. The normalized spacial score (nSPS) is 14.8. The highest BCUT2D eigenvalue weighted by atomic mass is 35.5. The van der Waals surface area contributed by atoms with E-state index in [0.29, 0.717) is 5.02 Å². The maximum atomic E-state index is 6.50. The van der Waals surface area contributed by atoms with Crippen LogP contribution in [0.3, 0.4) is 0 Å². The Labute approximate surface area is 162 Å². The van der Waals surface area contributed by atoms with Crippen molar-refractivity contribution in [1.82, 2.24) is 0 Å². The van der Waals surface area contributed by atoms with Crippen molar-refractivity contribution < 1.29 is 4.42 Å². The fourth-order valence-corrected chi connectivity index (χ4v) is 5.18. The van der Waals surface area contributed by atoms with E-state index < -0.39 is 0 Å². The van der Waals surface area contributed by atoms with E-state index in [1.165, 1.54) is 33.0 Å². The molecule has 0 aliphatic heterocycles. The Morgan fingerprint density at radius 2 is 1.44 bits per heavy atom. The van der Waals surface area contributed by atoms with Gasteiger partial charge >= 0.3 is 0 Å². The number of hydrogen-bond donors (Lipinski definition) is 0. The second-order valence-electron chi connectivity index (χ2n) is 7.89. The largest absolute Gasteiger partial charge is 0.454 e. The predicted octanol–water partition coefficient (Wildman–Crippen LogP) is 7.70. The number of rotatable bonds is 0. The number of halogens is 1. The highest BCUT2D eigenvalue weighted by molar-refractivity contribution is 6.36. The van der Waals surface area contributed by atoms with Gasteiger partial charge < -0.3 is 4.42 Å². The van der Waals surface area contributed by atoms with Gasteiger partial charge in [-0.1, -0.05) is 86.1 Å². The van der Waals surface area contributed by atoms with Gasteiger partial charge in [-0.05, 0) is 33.7 Å². The van der Waals surface area contributed by atoms with Crippen molar-refractivity contribution >= 4 is 44.3 Å². The highest BCUT2D eigenvalue weighted by Gasteiger charge is 2.39. The molecule has 1 aliphatic carbocycles. The van der Waals surface area contributed by atoms with Crippen LogP contribution in [0.15, 0.2) is 71.1 Å². The molecular formula is C25H17ClO. The molecule has 1 aromatic heterocycles.